The molecule has 3 nitrogen and oxygen atoms in total. The molecule has 0 aromatic heterocycles. The van der Waals surface area contributed by atoms with E-state index in [1.54, 1.807) is 0 Å². The predicted molar refractivity (Wildman–Crippen MR) is 87.2 cm³/mol. The summed E-state index contributed by atoms with van der Waals surface area (Å²) in [5.41, 5.74) is 8.87. The fourth-order valence-electron chi connectivity index (χ4n) is 2.25. The molecule has 1 unspecified atom stereocenters. The lowest BCUT2D eigenvalue weighted by Gasteiger charge is -2.24. The third kappa shape index (κ3) is 5.50. The van der Waals surface area contributed by atoms with Crippen molar-refractivity contribution >= 4 is 5.97 Å². The van der Waals surface area contributed by atoms with Crippen molar-refractivity contribution in [3.63, 3.8) is 0 Å². The van der Waals surface area contributed by atoms with Gasteiger partial charge in [0, 0.05) is 12.5 Å². The fourth-order valence-corrected chi connectivity index (χ4v) is 2.25. The molecule has 3 heteroatoms. The van der Waals surface area contributed by atoms with Gasteiger partial charge in [-0.1, -0.05) is 45.0 Å². The summed E-state index contributed by atoms with van der Waals surface area (Å²) in [6.45, 7) is 8.97. The van der Waals surface area contributed by atoms with E-state index in [2.05, 4.69) is 45.0 Å². The number of carbonyl (C=O) groups is 1. The van der Waals surface area contributed by atoms with Crippen molar-refractivity contribution in [2.24, 2.45) is 5.73 Å². The molecule has 0 fully saturated rings. The summed E-state index contributed by atoms with van der Waals surface area (Å²) < 4.78 is 4.92. The Balaban J connectivity index is 2.52. The molecule has 0 spiro atoms. The van der Waals surface area contributed by atoms with Crippen LogP contribution in [0.1, 0.15) is 70.5 Å². The second-order valence-corrected chi connectivity index (χ2v) is 6.16. The van der Waals surface area contributed by atoms with Crippen molar-refractivity contribution in [3.8, 4) is 0 Å². The zero-order valence-electron chi connectivity index (χ0n) is 13.8. The zero-order chi connectivity index (χ0) is 15.9. The molecule has 1 aromatic carbocycles. The molecule has 1 aromatic rings. The van der Waals surface area contributed by atoms with Crippen molar-refractivity contribution in [1.29, 1.82) is 0 Å². The summed E-state index contributed by atoms with van der Waals surface area (Å²) >= 11 is 0. The molecule has 0 saturated heterocycles. The lowest BCUT2D eigenvalue weighted by molar-refractivity contribution is -0.143. The van der Waals surface area contributed by atoms with Crippen LogP contribution in [0.4, 0.5) is 0 Å². The number of ether oxygens (including phenoxy) is 1. The molecule has 0 aliphatic heterocycles. The topological polar surface area (TPSA) is 52.3 Å². The maximum absolute atomic E-state index is 11.3. The van der Waals surface area contributed by atoms with Gasteiger partial charge in [-0.3, -0.25) is 4.79 Å². The van der Waals surface area contributed by atoms with E-state index in [1.165, 1.54) is 5.56 Å². The molecule has 0 aliphatic carbocycles. The van der Waals surface area contributed by atoms with Gasteiger partial charge in [0.2, 0.25) is 0 Å². The van der Waals surface area contributed by atoms with Crippen LogP contribution in [0.3, 0.4) is 0 Å². The minimum Gasteiger partial charge on any atom is -0.466 e. The van der Waals surface area contributed by atoms with Crippen molar-refractivity contribution < 1.29 is 9.53 Å². The Labute approximate surface area is 128 Å². The van der Waals surface area contributed by atoms with E-state index in [-0.39, 0.29) is 17.4 Å². The fraction of sp³-hybridized carbons (Fsp3) is 0.611. The maximum atomic E-state index is 11.3. The molecule has 2 N–H and O–H groups in total. The summed E-state index contributed by atoms with van der Waals surface area (Å²) in [5.74, 6) is -0.134. The van der Waals surface area contributed by atoms with Gasteiger partial charge in [0.1, 0.15) is 0 Å². The molecule has 21 heavy (non-hydrogen) atoms. The van der Waals surface area contributed by atoms with Gasteiger partial charge >= 0.3 is 5.97 Å². The van der Waals surface area contributed by atoms with E-state index in [0.29, 0.717) is 13.0 Å². The highest BCUT2D eigenvalue weighted by Crippen LogP contribution is 2.28. The van der Waals surface area contributed by atoms with Crippen LogP contribution in [0.15, 0.2) is 24.3 Å². The number of benzene rings is 1. The lowest BCUT2D eigenvalue weighted by Crippen LogP contribution is -2.16. The smallest absolute Gasteiger partial charge is 0.305 e. The summed E-state index contributed by atoms with van der Waals surface area (Å²) in [4.78, 5) is 11.3. The van der Waals surface area contributed by atoms with Crippen molar-refractivity contribution in [1.82, 2.24) is 0 Å². The molecule has 1 rings (SSSR count). The predicted octanol–water partition coefficient (Wildman–Crippen LogP) is 4.11. The third-order valence-electron chi connectivity index (χ3n) is 4.21. The monoisotopic (exact) mass is 291 g/mol. The minimum atomic E-state index is -0.134. The van der Waals surface area contributed by atoms with E-state index in [1.807, 2.05) is 6.92 Å². The first-order chi connectivity index (χ1) is 9.90. The van der Waals surface area contributed by atoms with Gasteiger partial charge in [-0.2, -0.15) is 0 Å². The largest absolute Gasteiger partial charge is 0.466 e. The van der Waals surface area contributed by atoms with Crippen molar-refractivity contribution in [3.05, 3.63) is 35.4 Å². The summed E-state index contributed by atoms with van der Waals surface area (Å²) in [7, 11) is 0. The second-order valence-electron chi connectivity index (χ2n) is 6.16. The standard InChI is InChI=1S/C18H29NO2/c1-5-18(3,4)15-12-10-14(11-13-15)16(19)8-7-9-17(20)21-6-2/h10-13,16H,5-9,19H2,1-4H3. The Hall–Kier alpha value is -1.35. The van der Waals surface area contributed by atoms with Gasteiger partial charge in [-0.25, -0.2) is 0 Å². The third-order valence-corrected chi connectivity index (χ3v) is 4.21. The minimum absolute atomic E-state index is 0.0155. The highest BCUT2D eigenvalue weighted by Gasteiger charge is 2.18. The molecule has 0 heterocycles. The normalized spacial score (nSPS) is 13.0. The van der Waals surface area contributed by atoms with Gasteiger partial charge in [0.05, 0.1) is 6.61 Å². The van der Waals surface area contributed by atoms with E-state index < -0.39 is 0 Å². The molecule has 118 valence electrons. The van der Waals surface area contributed by atoms with Crippen molar-refractivity contribution in [2.75, 3.05) is 6.61 Å². The van der Waals surface area contributed by atoms with E-state index in [9.17, 15) is 4.79 Å². The van der Waals surface area contributed by atoms with Gasteiger partial charge < -0.3 is 10.5 Å². The van der Waals surface area contributed by atoms with Crippen molar-refractivity contribution in [2.45, 2.75) is 64.8 Å². The molecular formula is C18H29NO2. The number of hydrogen-bond donors (Lipinski definition) is 1. The quantitative estimate of drug-likeness (QED) is 0.733. The van der Waals surface area contributed by atoms with Crippen LogP contribution >= 0.6 is 0 Å². The molecule has 0 bridgehead atoms. The van der Waals surface area contributed by atoms with Gasteiger partial charge in [0.25, 0.3) is 0 Å². The van der Waals surface area contributed by atoms with E-state index in [0.717, 1.165) is 24.8 Å². The molecule has 1 atom stereocenters. The summed E-state index contributed by atoms with van der Waals surface area (Å²) in [6, 6.07) is 8.55. The average Bonchev–Trinajstić information content (AvgIpc) is 2.47. The van der Waals surface area contributed by atoms with E-state index >= 15 is 0 Å². The second kappa shape index (κ2) is 8.18. The van der Waals surface area contributed by atoms with Crippen LogP contribution < -0.4 is 5.73 Å². The lowest BCUT2D eigenvalue weighted by atomic mass is 9.81. The van der Waals surface area contributed by atoms with Crippen LogP contribution in [0, 0.1) is 0 Å². The Morgan fingerprint density at radius 2 is 1.86 bits per heavy atom. The molecular weight excluding hydrogens is 262 g/mol. The van der Waals surface area contributed by atoms with Crippen LogP contribution in [-0.4, -0.2) is 12.6 Å². The first-order valence-electron chi connectivity index (χ1n) is 7.92. The first-order valence-corrected chi connectivity index (χ1v) is 7.92. The zero-order valence-corrected chi connectivity index (χ0v) is 13.8. The number of nitrogens with two attached hydrogens (primary N) is 1. The number of hydrogen-bond acceptors (Lipinski definition) is 3. The Morgan fingerprint density at radius 1 is 1.24 bits per heavy atom. The number of carbonyl (C=O) groups excluding carboxylic acids is 1. The number of esters is 1. The van der Waals surface area contributed by atoms with Gasteiger partial charge in [-0.15, -0.1) is 0 Å². The maximum Gasteiger partial charge on any atom is 0.305 e. The number of rotatable bonds is 8. The van der Waals surface area contributed by atoms with Crippen LogP contribution in [-0.2, 0) is 14.9 Å². The van der Waals surface area contributed by atoms with Crippen LogP contribution in [0.5, 0.6) is 0 Å². The SMILES string of the molecule is CCOC(=O)CCCC(N)c1ccc(C(C)(C)CC)cc1. The molecule has 0 radical (unpaired) electrons. The summed E-state index contributed by atoms with van der Waals surface area (Å²) in [6.07, 6.45) is 3.12. The van der Waals surface area contributed by atoms with Crippen LogP contribution in [0.25, 0.3) is 0 Å². The Kier molecular flexibility index (Phi) is 6.90. The first kappa shape index (κ1) is 17.7. The molecule has 0 aliphatic rings. The Morgan fingerprint density at radius 3 is 2.38 bits per heavy atom. The van der Waals surface area contributed by atoms with Gasteiger partial charge in [-0.05, 0) is 42.7 Å². The van der Waals surface area contributed by atoms with Crippen LogP contribution in [0.2, 0.25) is 0 Å². The Bertz CT molecular complexity index is 437. The highest BCUT2D eigenvalue weighted by atomic mass is 16.5. The van der Waals surface area contributed by atoms with E-state index in [4.69, 9.17) is 10.5 Å². The summed E-state index contributed by atoms with van der Waals surface area (Å²) in [5, 5.41) is 0. The highest BCUT2D eigenvalue weighted by molar-refractivity contribution is 5.69. The molecule has 0 amide bonds. The average molecular weight is 291 g/mol. The van der Waals surface area contributed by atoms with Gasteiger partial charge in [0.15, 0.2) is 0 Å². The molecule has 0 saturated carbocycles.